The van der Waals surface area contributed by atoms with Crippen LogP contribution in [0.4, 0.5) is 5.69 Å². The normalized spacial score (nSPS) is 22.4. The van der Waals surface area contributed by atoms with Crippen molar-refractivity contribution in [3.63, 3.8) is 0 Å². The first-order valence-electron chi connectivity index (χ1n) is 7.94. The lowest BCUT2D eigenvalue weighted by Gasteiger charge is -2.28. The third-order valence-electron chi connectivity index (χ3n) is 4.46. The summed E-state index contributed by atoms with van der Waals surface area (Å²) in [5.41, 5.74) is 4.38. The van der Waals surface area contributed by atoms with Crippen molar-refractivity contribution in [2.45, 2.75) is 32.2 Å². The molecule has 1 fully saturated rings. The van der Waals surface area contributed by atoms with Gasteiger partial charge in [-0.2, -0.15) is 0 Å². The molecule has 20 heavy (non-hydrogen) atoms. The summed E-state index contributed by atoms with van der Waals surface area (Å²) in [4.78, 5) is 2.46. The van der Waals surface area contributed by atoms with Crippen LogP contribution in [0.2, 0.25) is 0 Å². The van der Waals surface area contributed by atoms with Crippen molar-refractivity contribution >= 4 is 5.69 Å². The van der Waals surface area contributed by atoms with Crippen LogP contribution in [-0.2, 0) is 17.7 Å². The predicted molar refractivity (Wildman–Crippen MR) is 83.1 cm³/mol. The van der Waals surface area contributed by atoms with Crippen LogP contribution in [0.5, 0.6) is 0 Å². The highest BCUT2D eigenvalue weighted by molar-refractivity contribution is 5.56. The van der Waals surface area contributed by atoms with Gasteiger partial charge in [0.05, 0.1) is 6.61 Å². The number of fused-ring (bicyclic) bond motifs is 1. The molecule has 2 heterocycles. The highest BCUT2D eigenvalue weighted by Gasteiger charge is 2.18. The number of ether oxygens (including phenoxy) is 1. The van der Waals surface area contributed by atoms with Crippen molar-refractivity contribution in [2.75, 3.05) is 38.7 Å². The van der Waals surface area contributed by atoms with E-state index in [-0.39, 0.29) is 0 Å². The number of nitrogens with one attached hydrogen (secondary N) is 1. The lowest BCUT2D eigenvalue weighted by molar-refractivity contribution is 0.0411. The van der Waals surface area contributed by atoms with E-state index in [0.717, 1.165) is 32.8 Å². The Morgan fingerprint density at radius 2 is 2.30 bits per heavy atom. The van der Waals surface area contributed by atoms with Gasteiger partial charge < -0.3 is 15.0 Å². The number of benzene rings is 1. The summed E-state index contributed by atoms with van der Waals surface area (Å²) in [7, 11) is 2.24. The third-order valence-corrected chi connectivity index (χ3v) is 4.46. The zero-order valence-corrected chi connectivity index (χ0v) is 12.5. The Bertz CT molecular complexity index is 441. The molecule has 1 saturated heterocycles. The quantitative estimate of drug-likeness (QED) is 0.913. The molecule has 2 aliphatic rings. The number of hydrogen-bond donors (Lipinski definition) is 1. The van der Waals surface area contributed by atoms with Gasteiger partial charge in [-0.1, -0.05) is 12.1 Å². The summed E-state index contributed by atoms with van der Waals surface area (Å²) in [6.45, 7) is 5.22. The topological polar surface area (TPSA) is 24.5 Å². The van der Waals surface area contributed by atoms with Crippen LogP contribution in [-0.4, -0.2) is 38.3 Å². The molecule has 1 atom stereocenters. The van der Waals surface area contributed by atoms with Crippen LogP contribution < -0.4 is 5.32 Å². The molecule has 0 amide bonds. The third kappa shape index (κ3) is 3.33. The molecular weight excluding hydrogens is 248 g/mol. The zero-order valence-electron chi connectivity index (χ0n) is 12.5. The number of nitrogens with zero attached hydrogens (tertiary/aromatic N) is 1. The fraction of sp³-hybridized carbons (Fsp3) is 0.647. The Morgan fingerprint density at radius 1 is 1.35 bits per heavy atom. The van der Waals surface area contributed by atoms with E-state index < -0.39 is 0 Å². The van der Waals surface area contributed by atoms with Gasteiger partial charge in [0.1, 0.15) is 0 Å². The van der Waals surface area contributed by atoms with Gasteiger partial charge in [0, 0.05) is 31.9 Å². The van der Waals surface area contributed by atoms with Gasteiger partial charge in [0.15, 0.2) is 0 Å². The Kier molecular flexibility index (Phi) is 4.58. The largest absolute Gasteiger partial charge is 0.385 e. The molecule has 1 aromatic carbocycles. The van der Waals surface area contributed by atoms with Crippen molar-refractivity contribution in [1.29, 1.82) is 0 Å². The van der Waals surface area contributed by atoms with E-state index >= 15 is 0 Å². The molecule has 0 spiro atoms. The number of hydrogen-bond acceptors (Lipinski definition) is 3. The average Bonchev–Trinajstić information content (AvgIpc) is 2.48. The van der Waals surface area contributed by atoms with Crippen LogP contribution in [0.1, 0.15) is 30.4 Å². The molecule has 3 heteroatoms. The van der Waals surface area contributed by atoms with Gasteiger partial charge in [-0.05, 0) is 55.8 Å². The maximum Gasteiger partial charge on any atom is 0.0506 e. The van der Waals surface area contributed by atoms with E-state index in [9.17, 15) is 0 Å². The van der Waals surface area contributed by atoms with Crippen molar-refractivity contribution in [3.05, 3.63) is 29.3 Å². The van der Waals surface area contributed by atoms with E-state index in [1.54, 1.807) is 0 Å². The summed E-state index contributed by atoms with van der Waals surface area (Å²) in [5, 5.41) is 3.52. The molecule has 0 aliphatic carbocycles. The molecule has 0 radical (unpaired) electrons. The SMILES string of the molecule is CN(Cc1cccc2c1CCCN2)CC1CCCOC1. The predicted octanol–water partition coefficient (Wildman–Crippen LogP) is 2.90. The monoisotopic (exact) mass is 274 g/mol. The molecule has 110 valence electrons. The van der Waals surface area contributed by atoms with Crippen LogP contribution >= 0.6 is 0 Å². The minimum absolute atomic E-state index is 0.714. The lowest BCUT2D eigenvalue weighted by Crippen LogP contribution is -2.31. The second kappa shape index (κ2) is 6.59. The summed E-state index contributed by atoms with van der Waals surface area (Å²) in [6, 6.07) is 6.69. The molecular formula is C17H26N2O. The first-order valence-corrected chi connectivity index (χ1v) is 7.94. The maximum atomic E-state index is 5.59. The zero-order chi connectivity index (χ0) is 13.8. The molecule has 0 aromatic heterocycles. The van der Waals surface area contributed by atoms with E-state index in [1.165, 1.54) is 42.5 Å². The van der Waals surface area contributed by atoms with Crippen LogP contribution in [0.15, 0.2) is 18.2 Å². The summed E-state index contributed by atoms with van der Waals surface area (Å²) < 4.78 is 5.59. The van der Waals surface area contributed by atoms with Crippen LogP contribution in [0.3, 0.4) is 0 Å². The highest BCUT2D eigenvalue weighted by Crippen LogP contribution is 2.26. The molecule has 1 N–H and O–H groups in total. The summed E-state index contributed by atoms with van der Waals surface area (Å²) in [5.74, 6) is 0.714. The van der Waals surface area contributed by atoms with E-state index in [4.69, 9.17) is 4.74 Å². The summed E-state index contributed by atoms with van der Waals surface area (Å²) in [6.07, 6.45) is 5.02. The van der Waals surface area contributed by atoms with Crippen molar-refractivity contribution in [2.24, 2.45) is 5.92 Å². The van der Waals surface area contributed by atoms with Gasteiger partial charge in [0.25, 0.3) is 0 Å². The van der Waals surface area contributed by atoms with Crippen LogP contribution in [0.25, 0.3) is 0 Å². The Morgan fingerprint density at radius 3 is 3.15 bits per heavy atom. The summed E-state index contributed by atoms with van der Waals surface area (Å²) >= 11 is 0. The lowest BCUT2D eigenvalue weighted by atomic mass is 9.96. The average molecular weight is 274 g/mol. The van der Waals surface area contributed by atoms with E-state index in [0.29, 0.717) is 5.92 Å². The molecule has 1 aromatic rings. The van der Waals surface area contributed by atoms with Crippen molar-refractivity contribution in [3.8, 4) is 0 Å². The number of rotatable bonds is 4. The minimum Gasteiger partial charge on any atom is -0.385 e. The minimum atomic E-state index is 0.714. The van der Waals surface area contributed by atoms with Gasteiger partial charge >= 0.3 is 0 Å². The van der Waals surface area contributed by atoms with E-state index in [1.807, 2.05) is 0 Å². The smallest absolute Gasteiger partial charge is 0.0506 e. The number of anilines is 1. The first-order chi connectivity index (χ1) is 9.83. The second-order valence-electron chi connectivity index (χ2n) is 6.25. The molecule has 3 rings (SSSR count). The van der Waals surface area contributed by atoms with Gasteiger partial charge in [-0.3, -0.25) is 0 Å². The Hall–Kier alpha value is -1.06. The fourth-order valence-corrected chi connectivity index (χ4v) is 3.48. The standard InChI is InChI=1S/C17H26N2O/c1-19(11-14-5-4-10-20-13-14)12-15-6-2-8-17-16(15)7-3-9-18-17/h2,6,8,14,18H,3-5,7,9-13H2,1H3. The maximum absolute atomic E-state index is 5.59. The fourth-order valence-electron chi connectivity index (χ4n) is 3.48. The van der Waals surface area contributed by atoms with Gasteiger partial charge in [0.2, 0.25) is 0 Å². The first kappa shape index (κ1) is 13.9. The molecule has 1 unspecified atom stereocenters. The molecule has 0 bridgehead atoms. The molecule has 2 aliphatic heterocycles. The Balaban J connectivity index is 1.62. The van der Waals surface area contributed by atoms with E-state index in [2.05, 4.69) is 35.5 Å². The van der Waals surface area contributed by atoms with Crippen molar-refractivity contribution in [1.82, 2.24) is 4.90 Å². The molecule has 3 nitrogen and oxygen atoms in total. The highest BCUT2D eigenvalue weighted by atomic mass is 16.5. The molecule has 0 saturated carbocycles. The van der Waals surface area contributed by atoms with Gasteiger partial charge in [-0.25, -0.2) is 0 Å². The second-order valence-corrected chi connectivity index (χ2v) is 6.25. The van der Waals surface area contributed by atoms with Crippen molar-refractivity contribution < 1.29 is 4.74 Å². The Labute approximate surface area is 122 Å². The van der Waals surface area contributed by atoms with Gasteiger partial charge in [-0.15, -0.1) is 0 Å². The van der Waals surface area contributed by atoms with Crippen LogP contribution in [0, 0.1) is 5.92 Å².